The third-order valence-electron chi connectivity index (χ3n) is 6.83. The maximum absolute atomic E-state index is 12.1. The molecule has 2 atom stereocenters. The molecule has 0 amide bonds. The number of hydrogen-bond donors (Lipinski definition) is 0. The number of ether oxygens (including phenoxy) is 3. The van der Waals surface area contributed by atoms with Crippen molar-refractivity contribution in [1.82, 2.24) is 9.97 Å². The molecular formula is C34H46N2O4. The SMILES string of the molecule is CCCCCCCCCc1ccc(-c2ncc(-c3ccc(OCC(C)OC(=O)C(C)OCCC)cc3)cn2)cc1. The first-order chi connectivity index (χ1) is 19.5. The number of nitrogens with zero attached hydrogens (tertiary/aromatic N) is 2. The quantitative estimate of drug-likeness (QED) is 0.118. The Kier molecular flexibility index (Phi) is 13.6. The number of esters is 1. The van der Waals surface area contributed by atoms with Crippen molar-refractivity contribution in [2.75, 3.05) is 13.2 Å². The fraction of sp³-hybridized carbons (Fsp3) is 0.500. The monoisotopic (exact) mass is 546 g/mol. The smallest absolute Gasteiger partial charge is 0.335 e. The predicted molar refractivity (Wildman–Crippen MR) is 161 cm³/mol. The van der Waals surface area contributed by atoms with Crippen LogP contribution < -0.4 is 4.74 Å². The van der Waals surface area contributed by atoms with E-state index >= 15 is 0 Å². The number of benzene rings is 2. The third-order valence-corrected chi connectivity index (χ3v) is 6.83. The van der Waals surface area contributed by atoms with Crippen molar-refractivity contribution in [2.24, 2.45) is 0 Å². The molecule has 0 aliphatic heterocycles. The van der Waals surface area contributed by atoms with E-state index in [0.29, 0.717) is 12.4 Å². The summed E-state index contributed by atoms with van der Waals surface area (Å²) >= 11 is 0. The lowest BCUT2D eigenvalue weighted by atomic mass is 10.0. The molecule has 0 saturated carbocycles. The number of aromatic nitrogens is 2. The summed E-state index contributed by atoms with van der Waals surface area (Å²) in [7, 11) is 0. The molecule has 0 fully saturated rings. The topological polar surface area (TPSA) is 70.5 Å². The first kappa shape index (κ1) is 31.3. The molecule has 0 aliphatic rings. The maximum Gasteiger partial charge on any atom is 0.335 e. The summed E-state index contributed by atoms with van der Waals surface area (Å²) in [6, 6.07) is 16.4. The van der Waals surface area contributed by atoms with E-state index in [1.54, 1.807) is 6.92 Å². The van der Waals surface area contributed by atoms with Crippen LogP contribution >= 0.6 is 0 Å². The van der Waals surface area contributed by atoms with Gasteiger partial charge >= 0.3 is 5.97 Å². The van der Waals surface area contributed by atoms with Gasteiger partial charge in [-0.05, 0) is 56.4 Å². The summed E-state index contributed by atoms with van der Waals surface area (Å²) in [5.41, 5.74) is 4.35. The van der Waals surface area contributed by atoms with Gasteiger partial charge in [-0.2, -0.15) is 0 Å². The summed E-state index contributed by atoms with van der Waals surface area (Å²) in [6.45, 7) is 8.57. The van der Waals surface area contributed by atoms with Gasteiger partial charge in [0, 0.05) is 30.1 Å². The van der Waals surface area contributed by atoms with Crippen LogP contribution in [0.25, 0.3) is 22.5 Å². The molecule has 0 aliphatic carbocycles. The lowest BCUT2D eigenvalue weighted by Gasteiger charge is -2.17. The molecule has 3 aromatic rings. The Labute approximate surface area is 240 Å². The Morgan fingerprint density at radius 3 is 2.02 bits per heavy atom. The number of carbonyl (C=O) groups is 1. The highest BCUT2D eigenvalue weighted by atomic mass is 16.6. The van der Waals surface area contributed by atoms with Gasteiger partial charge in [-0.25, -0.2) is 14.8 Å². The van der Waals surface area contributed by atoms with Gasteiger partial charge in [-0.1, -0.05) is 88.8 Å². The summed E-state index contributed by atoms with van der Waals surface area (Å²) < 4.78 is 16.6. The molecular weight excluding hydrogens is 500 g/mol. The lowest BCUT2D eigenvalue weighted by molar-refractivity contribution is -0.162. The zero-order valence-electron chi connectivity index (χ0n) is 24.7. The molecule has 2 aromatic carbocycles. The zero-order chi connectivity index (χ0) is 28.6. The number of aryl methyl sites for hydroxylation is 1. The van der Waals surface area contributed by atoms with Crippen LogP contribution in [0.15, 0.2) is 60.9 Å². The Hall–Kier alpha value is -3.25. The van der Waals surface area contributed by atoms with Crippen molar-refractivity contribution in [2.45, 2.75) is 97.7 Å². The molecule has 2 unspecified atom stereocenters. The van der Waals surface area contributed by atoms with E-state index in [1.165, 1.54) is 50.5 Å². The first-order valence-electron chi connectivity index (χ1n) is 15.0. The Balaban J connectivity index is 1.44. The van der Waals surface area contributed by atoms with Crippen molar-refractivity contribution in [3.05, 3.63) is 66.5 Å². The molecule has 0 spiro atoms. The van der Waals surface area contributed by atoms with E-state index in [0.717, 1.165) is 35.4 Å². The van der Waals surface area contributed by atoms with Gasteiger partial charge in [0.2, 0.25) is 0 Å². The van der Waals surface area contributed by atoms with Crippen LogP contribution in [0, 0.1) is 0 Å². The third kappa shape index (κ3) is 10.7. The number of unbranched alkanes of at least 4 members (excludes halogenated alkanes) is 6. The molecule has 40 heavy (non-hydrogen) atoms. The number of hydrogen-bond acceptors (Lipinski definition) is 6. The van der Waals surface area contributed by atoms with Crippen LogP contribution in [0.4, 0.5) is 0 Å². The molecule has 0 N–H and O–H groups in total. The average Bonchev–Trinajstić information content (AvgIpc) is 2.99. The van der Waals surface area contributed by atoms with E-state index in [9.17, 15) is 4.79 Å². The van der Waals surface area contributed by atoms with Gasteiger partial charge in [0.15, 0.2) is 11.9 Å². The molecule has 3 rings (SSSR count). The van der Waals surface area contributed by atoms with Gasteiger partial charge in [0.25, 0.3) is 0 Å². The van der Waals surface area contributed by atoms with E-state index in [-0.39, 0.29) is 18.7 Å². The van der Waals surface area contributed by atoms with E-state index in [4.69, 9.17) is 14.2 Å². The van der Waals surface area contributed by atoms with Crippen LogP contribution in [0.3, 0.4) is 0 Å². The van der Waals surface area contributed by atoms with E-state index in [1.807, 2.05) is 50.5 Å². The van der Waals surface area contributed by atoms with Crippen LogP contribution in [-0.2, 0) is 20.7 Å². The molecule has 6 heteroatoms. The average molecular weight is 547 g/mol. The van der Waals surface area contributed by atoms with Gasteiger partial charge in [0.05, 0.1) is 0 Å². The van der Waals surface area contributed by atoms with Gasteiger partial charge < -0.3 is 14.2 Å². The van der Waals surface area contributed by atoms with Crippen LogP contribution in [0.2, 0.25) is 0 Å². The van der Waals surface area contributed by atoms with Crippen molar-refractivity contribution in [3.8, 4) is 28.3 Å². The number of carbonyl (C=O) groups excluding carboxylic acids is 1. The van der Waals surface area contributed by atoms with E-state index in [2.05, 4.69) is 41.2 Å². The van der Waals surface area contributed by atoms with E-state index < -0.39 is 6.10 Å². The standard InChI is InChI=1S/C34H46N2O4/c1-5-7-8-9-10-11-12-13-28-14-16-30(17-15-28)33-35-23-31(24-36-33)29-18-20-32(21-19-29)39-25-26(3)40-34(37)27(4)38-22-6-2/h14-21,23-24,26-27H,5-13,22,25H2,1-4H3. The van der Waals surface area contributed by atoms with Crippen molar-refractivity contribution in [1.29, 1.82) is 0 Å². The zero-order valence-corrected chi connectivity index (χ0v) is 24.7. The van der Waals surface area contributed by atoms with Gasteiger partial charge in [-0.3, -0.25) is 0 Å². The van der Waals surface area contributed by atoms with Crippen LogP contribution in [-0.4, -0.2) is 41.4 Å². The summed E-state index contributed by atoms with van der Waals surface area (Å²) in [5, 5.41) is 0. The Morgan fingerprint density at radius 2 is 1.38 bits per heavy atom. The molecule has 6 nitrogen and oxygen atoms in total. The second-order valence-corrected chi connectivity index (χ2v) is 10.5. The molecule has 0 bridgehead atoms. The second kappa shape index (κ2) is 17.4. The Morgan fingerprint density at radius 1 is 0.750 bits per heavy atom. The molecule has 216 valence electrons. The second-order valence-electron chi connectivity index (χ2n) is 10.5. The molecule has 0 radical (unpaired) electrons. The summed E-state index contributed by atoms with van der Waals surface area (Å²) in [6.07, 6.45) is 14.1. The van der Waals surface area contributed by atoms with Gasteiger partial charge in [0.1, 0.15) is 18.5 Å². The highest BCUT2D eigenvalue weighted by Gasteiger charge is 2.18. The molecule has 1 aromatic heterocycles. The minimum Gasteiger partial charge on any atom is -0.490 e. The summed E-state index contributed by atoms with van der Waals surface area (Å²) in [5.74, 6) is 1.06. The predicted octanol–water partition coefficient (Wildman–Crippen LogP) is 8.23. The lowest BCUT2D eigenvalue weighted by Crippen LogP contribution is -2.30. The highest BCUT2D eigenvalue weighted by Crippen LogP contribution is 2.24. The van der Waals surface area contributed by atoms with Crippen molar-refractivity contribution in [3.63, 3.8) is 0 Å². The highest BCUT2D eigenvalue weighted by molar-refractivity contribution is 5.74. The summed E-state index contributed by atoms with van der Waals surface area (Å²) in [4.78, 5) is 21.3. The fourth-order valence-corrected chi connectivity index (χ4v) is 4.38. The Bertz CT molecular complexity index is 1110. The van der Waals surface area contributed by atoms with Gasteiger partial charge in [-0.15, -0.1) is 0 Å². The minimum atomic E-state index is -0.575. The van der Waals surface area contributed by atoms with Crippen molar-refractivity contribution >= 4 is 5.97 Å². The normalized spacial score (nSPS) is 12.6. The van der Waals surface area contributed by atoms with Crippen molar-refractivity contribution < 1.29 is 19.0 Å². The number of rotatable bonds is 18. The van der Waals surface area contributed by atoms with Crippen LogP contribution in [0.5, 0.6) is 5.75 Å². The maximum atomic E-state index is 12.1. The fourth-order valence-electron chi connectivity index (χ4n) is 4.38. The minimum absolute atomic E-state index is 0.265. The largest absolute Gasteiger partial charge is 0.490 e. The molecule has 0 saturated heterocycles. The van der Waals surface area contributed by atoms with Crippen LogP contribution in [0.1, 0.15) is 84.6 Å². The first-order valence-corrected chi connectivity index (χ1v) is 15.0. The molecule has 1 heterocycles.